The van der Waals surface area contributed by atoms with E-state index in [0.717, 1.165) is 5.56 Å². The Hall–Kier alpha value is -2.08. The maximum absolute atomic E-state index is 12.1. The molecule has 3 rings (SSSR count). The van der Waals surface area contributed by atoms with Gasteiger partial charge in [-0.2, -0.15) is 0 Å². The van der Waals surface area contributed by atoms with Crippen LogP contribution in [0.3, 0.4) is 0 Å². The van der Waals surface area contributed by atoms with Gasteiger partial charge >= 0.3 is 0 Å². The Balaban J connectivity index is 1.58. The summed E-state index contributed by atoms with van der Waals surface area (Å²) in [6.45, 7) is 0.399. The van der Waals surface area contributed by atoms with Crippen LogP contribution in [0.15, 0.2) is 54.0 Å². The highest BCUT2D eigenvalue weighted by molar-refractivity contribution is 7.11. The molecule has 0 radical (unpaired) electrons. The number of nitrogens with zero attached hydrogens (tertiary/aromatic N) is 1. The van der Waals surface area contributed by atoms with E-state index in [-0.39, 0.29) is 5.91 Å². The second kappa shape index (κ2) is 7.66. The minimum atomic E-state index is -0.211. The molecule has 0 bridgehead atoms. The van der Waals surface area contributed by atoms with Gasteiger partial charge in [-0.3, -0.25) is 4.79 Å². The van der Waals surface area contributed by atoms with Crippen LogP contribution in [0.2, 0.25) is 10.0 Å². The van der Waals surface area contributed by atoms with Crippen molar-refractivity contribution in [3.8, 4) is 10.9 Å². The maximum Gasteiger partial charge on any atom is 0.278 e. The van der Waals surface area contributed by atoms with E-state index < -0.39 is 0 Å². The van der Waals surface area contributed by atoms with E-state index in [2.05, 4.69) is 10.3 Å². The minimum absolute atomic E-state index is 0.211. The summed E-state index contributed by atoms with van der Waals surface area (Å²) in [4.78, 5) is 16.2. The molecule has 0 aliphatic heterocycles. The monoisotopic (exact) mass is 378 g/mol. The number of carbonyl (C=O) groups is 1. The summed E-state index contributed by atoms with van der Waals surface area (Å²) in [5, 5.41) is 6.05. The Morgan fingerprint density at radius 3 is 2.58 bits per heavy atom. The summed E-state index contributed by atoms with van der Waals surface area (Å²) in [5.74, 6) is 0.487. The number of aromatic nitrogens is 1. The SMILES string of the molecule is O=C(NCc1ccc(Oc2nccs2)cc1)c1ccc(Cl)c(Cl)c1. The molecule has 0 unspecified atom stereocenters. The summed E-state index contributed by atoms with van der Waals surface area (Å²) in [6.07, 6.45) is 1.69. The van der Waals surface area contributed by atoms with Crippen LogP contribution in [0.1, 0.15) is 15.9 Å². The second-order valence-corrected chi connectivity index (χ2v) is 6.53. The zero-order chi connectivity index (χ0) is 16.9. The van der Waals surface area contributed by atoms with Crippen molar-refractivity contribution in [3.05, 3.63) is 75.2 Å². The van der Waals surface area contributed by atoms with Crippen molar-refractivity contribution in [2.75, 3.05) is 0 Å². The molecule has 3 aromatic rings. The van der Waals surface area contributed by atoms with Crippen LogP contribution < -0.4 is 10.1 Å². The number of benzene rings is 2. The van der Waals surface area contributed by atoms with E-state index in [1.807, 2.05) is 29.6 Å². The molecule has 2 aromatic carbocycles. The number of nitrogens with one attached hydrogen (secondary N) is 1. The van der Waals surface area contributed by atoms with Gasteiger partial charge in [0.15, 0.2) is 0 Å². The first-order chi connectivity index (χ1) is 11.6. The van der Waals surface area contributed by atoms with Gasteiger partial charge in [-0.25, -0.2) is 4.98 Å². The molecule has 1 heterocycles. The third-order valence-electron chi connectivity index (χ3n) is 3.17. The highest BCUT2D eigenvalue weighted by atomic mass is 35.5. The molecule has 1 amide bonds. The molecule has 0 saturated heterocycles. The van der Waals surface area contributed by atoms with Crippen molar-refractivity contribution in [2.45, 2.75) is 6.54 Å². The number of amides is 1. The summed E-state index contributed by atoms with van der Waals surface area (Å²) in [6, 6.07) is 12.2. The normalized spacial score (nSPS) is 10.4. The quantitative estimate of drug-likeness (QED) is 0.665. The van der Waals surface area contributed by atoms with Gasteiger partial charge in [0.1, 0.15) is 5.75 Å². The van der Waals surface area contributed by atoms with Crippen LogP contribution in [0, 0.1) is 0 Å². The number of hydrogen-bond donors (Lipinski definition) is 1. The molecule has 0 atom stereocenters. The molecule has 0 aliphatic carbocycles. The first-order valence-corrected chi connectivity index (χ1v) is 8.65. The van der Waals surface area contributed by atoms with Gasteiger partial charge in [0.25, 0.3) is 11.1 Å². The summed E-state index contributed by atoms with van der Waals surface area (Å²) >= 11 is 13.2. The Kier molecular flexibility index (Phi) is 5.35. The lowest BCUT2D eigenvalue weighted by Crippen LogP contribution is -2.22. The Morgan fingerprint density at radius 1 is 1.12 bits per heavy atom. The highest BCUT2D eigenvalue weighted by Crippen LogP contribution is 2.24. The number of thiazole rings is 1. The fourth-order valence-electron chi connectivity index (χ4n) is 1.96. The molecule has 0 fully saturated rings. The zero-order valence-corrected chi connectivity index (χ0v) is 14.7. The van der Waals surface area contributed by atoms with E-state index in [0.29, 0.717) is 33.1 Å². The molecule has 4 nitrogen and oxygen atoms in total. The Bertz CT molecular complexity index is 836. The number of halogens is 2. The molecular weight excluding hydrogens is 367 g/mol. The standard InChI is InChI=1S/C17H12Cl2N2O2S/c18-14-6-3-12(9-15(14)19)16(22)21-10-11-1-4-13(5-2-11)23-17-20-7-8-24-17/h1-9H,10H2,(H,21,22). The molecule has 1 N–H and O–H groups in total. The molecule has 0 aliphatic rings. The zero-order valence-electron chi connectivity index (χ0n) is 12.3. The van der Waals surface area contributed by atoms with Crippen LogP contribution in [-0.4, -0.2) is 10.9 Å². The van der Waals surface area contributed by atoms with Crippen LogP contribution in [0.5, 0.6) is 10.9 Å². The fourth-order valence-corrected chi connectivity index (χ4v) is 2.76. The molecular formula is C17H12Cl2N2O2S. The van der Waals surface area contributed by atoms with E-state index >= 15 is 0 Å². The molecule has 0 spiro atoms. The van der Waals surface area contributed by atoms with E-state index in [1.54, 1.807) is 24.4 Å². The van der Waals surface area contributed by atoms with Gasteiger partial charge in [0.2, 0.25) is 0 Å². The topological polar surface area (TPSA) is 51.2 Å². The third-order valence-corrected chi connectivity index (χ3v) is 4.56. The largest absolute Gasteiger partial charge is 0.431 e. The van der Waals surface area contributed by atoms with Crippen LogP contribution in [0.4, 0.5) is 0 Å². The molecule has 122 valence electrons. The average Bonchev–Trinajstić information content (AvgIpc) is 3.09. The molecule has 24 heavy (non-hydrogen) atoms. The van der Waals surface area contributed by atoms with Crippen molar-refractivity contribution >= 4 is 40.4 Å². The minimum Gasteiger partial charge on any atom is -0.431 e. The van der Waals surface area contributed by atoms with Gasteiger partial charge in [-0.1, -0.05) is 46.7 Å². The summed E-state index contributed by atoms with van der Waals surface area (Å²) < 4.78 is 5.59. The Morgan fingerprint density at radius 2 is 1.92 bits per heavy atom. The van der Waals surface area contributed by atoms with Gasteiger partial charge in [0, 0.05) is 23.7 Å². The van der Waals surface area contributed by atoms with E-state index in [4.69, 9.17) is 27.9 Å². The van der Waals surface area contributed by atoms with Crippen LogP contribution >= 0.6 is 34.5 Å². The van der Waals surface area contributed by atoms with E-state index in [1.165, 1.54) is 11.3 Å². The van der Waals surface area contributed by atoms with Gasteiger partial charge in [0.05, 0.1) is 10.0 Å². The lowest BCUT2D eigenvalue weighted by atomic mass is 10.2. The smallest absolute Gasteiger partial charge is 0.278 e. The fraction of sp³-hybridized carbons (Fsp3) is 0.0588. The lowest BCUT2D eigenvalue weighted by Gasteiger charge is -2.07. The summed E-state index contributed by atoms with van der Waals surface area (Å²) in [7, 11) is 0. The van der Waals surface area contributed by atoms with Crippen molar-refractivity contribution < 1.29 is 9.53 Å². The van der Waals surface area contributed by atoms with Crippen LogP contribution in [0.25, 0.3) is 0 Å². The van der Waals surface area contributed by atoms with Gasteiger partial charge < -0.3 is 10.1 Å². The number of carbonyl (C=O) groups excluding carboxylic acids is 1. The second-order valence-electron chi connectivity index (χ2n) is 4.86. The molecule has 0 saturated carbocycles. The van der Waals surface area contributed by atoms with E-state index in [9.17, 15) is 4.79 Å². The predicted octanol–water partition coefficient (Wildman–Crippen LogP) is 5.17. The molecule has 7 heteroatoms. The van der Waals surface area contributed by atoms with Crippen molar-refractivity contribution in [2.24, 2.45) is 0 Å². The molecule has 1 aromatic heterocycles. The third kappa shape index (κ3) is 4.26. The first-order valence-electron chi connectivity index (χ1n) is 7.01. The maximum atomic E-state index is 12.1. The number of hydrogen-bond acceptors (Lipinski definition) is 4. The van der Waals surface area contributed by atoms with Crippen molar-refractivity contribution in [3.63, 3.8) is 0 Å². The lowest BCUT2D eigenvalue weighted by molar-refractivity contribution is 0.0951. The van der Waals surface area contributed by atoms with Gasteiger partial charge in [-0.15, -0.1) is 0 Å². The van der Waals surface area contributed by atoms with Crippen molar-refractivity contribution in [1.29, 1.82) is 0 Å². The number of ether oxygens (including phenoxy) is 1. The van der Waals surface area contributed by atoms with Gasteiger partial charge in [-0.05, 0) is 35.9 Å². The first kappa shape index (κ1) is 16.8. The van der Waals surface area contributed by atoms with Crippen molar-refractivity contribution in [1.82, 2.24) is 10.3 Å². The average molecular weight is 379 g/mol. The highest BCUT2D eigenvalue weighted by Gasteiger charge is 2.08. The Labute approximate surface area is 153 Å². The number of rotatable bonds is 5. The predicted molar refractivity (Wildman–Crippen MR) is 96.3 cm³/mol. The van der Waals surface area contributed by atoms with Crippen LogP contribution in [-0.2, 0) is 6.54 Å². The summed E-state index contributed by atoms with van der Waals surface area (Å²) in [5.41, 5.74) is 1.42.